The minimum atomic E-state index is -0.983. The van der Waals surface area contributed by atoms with Crippen LogP contribution in [0.25, 0.3) is 0 Å². The molecule has 0 saturated heterocycles. The molecule has 5 nitrogen and oxygen atoms in total. The van der Waals surface area contributed by atoms with Crippen LogP contribution in [0.4, 0.5) is 0 Å². The van der Waals surface area contributed by atoms with Crippen LogP contribution in [-0.4, -0.2) is 28.0 Å². The maximum absolute atomic E-state index is 12.3. The Labute approximate surface area is 129 Å². The van der Waals surface area contributed by atoms with Crippen molar-refractivity contribution in [2.75, 3.05) is 0 Å². The van der Waals surface area contributed by atoms with E-state index in [1.54, 1.807) is 0 Å². The summed E-state index contributed by atoms with van der Waals surface area (Å²) in [5.74, 6) is -0.906. The van der Waals surface area contributed by atoms with Gasteiger partial charge in [-0.2, -0.15) is 0 Å². The highest BCUT2D eigenvalue weighted by Gasteiger charge is 2.23. The third-order valence-electron chi connectivity index (χ3n) is 3.06. The summed E-state index contributed by atoms with van der Waals surface area (Å²) in [6.45, 7) is 7.99. The maximum atomic E-state index is 12.3. The van der Waals surface area contributed by atoms with E-state index < -0.39 is 12.0 Å². The number of aliphatic carboxylic acids is 1. The lowest BCUT2D eigenvalue weighted by Crippen LogP contribution is -2.40. The van der Waals surface area contributed by atoms with Crippen molar-refractivity contribution in [2.45, 2.75) is 59.4 Å². The summed E-state index contributed by atoms with van der Waals surface area (Å²) in [6, 6.07) is -0.827. The van der Waals surface area contributed by atoms with E-state index in [0.29, 0.717) is 17.2 Å². The lowest BCUT2D eigenvalue weighted by atomic mass is 10.1. The summed E-state index contributed by atoms with van der Waals surface area (Å²) in [5, 5.41) is 12.6. The summed E-state index contributed by atoms with van der Waals surface area (Å²) < 4.78 is 0. The van der Waals surface area contributed by atoms with Gasteiger partial charge in [-0.15, -0.1) is 11.3 Å². The first kappa shape index (κ1) is 17.6. The summed E-state index contributed by atoms with van der Waals surface area (Å²) >= 11 is 1.33. The van der Waals surface area contributed by atoms with Gasteiger partial charge in [0.15, 0.2) is 0 Å². The fraction of sp³-hybridized carbons (Fsp3) is 0.667. The number of aromatic nitrogens is 1. The van der Waals surface area contributed by atoms with E-state index in [1.807, 2.05) is 13.8 Å². The van der Waals surface area contributed by atoms with Gasteiger partial charge in [-0.3, -0.25) is 4.79 Å². The molecule has 1 atom stereocenters. The van der Waals surface area contributed by atoms with Crippen LogP contribution < -0.4 is 5.32 Å². The van der Waals surface area contributed by atoms with Crippen molar-refractivity contribution in [1.82, 2.24) is 10.3 Å². The molecule has 1 aromatic rings. The first-order valence-electron chi connectivity index (χ1n) is 7.35. The van der Waals surface area contributed by atoms with Crippen molar-refractivity contribution >= 4 is 23.2 Å². The Morgan fingerprint density at radius 1 is 1.38 bits per heavy atom. The number of carboxylic acids is 1. The number of amides is 1. The molecule has 21 heavy (non-hydrogen) atoms. The second-order valence-corrected chi connectivity index (χ2v) is 6.82. The van der Waals surface area contributed by atoms with Crippen LogP contribution in [0.1, 0.15) is 60.4 Å². The molecule has 0 aliphatic carbocycles. The number of unbranched alkanes of at least 4 members (excludes halogenated alkanes) is 1. The molecule has 0 saturated carbocycles. The van der Waals surface area contributed by atoms with E-state index in [2.05, 4.69) is 24.1 Å². The number of hydrogen-bond donors (Lipinski definition) is 2. The molecule has 6 heteroatoms. The highest BCUT2D eigenvalue weighted by molar-refractivity contribution is 7.13. The SMILES string of the molecule is CCCC[C@H](NC(=O)c1sc(C)nc1CC(C)C)C(=O)O. The van der Waals surface area contributed by atoms with Crippen molar-refractivity contribution in [3.63, 3.8) is 0 Å². The van der Waals surface area contributed by atoms with Crippen molar-refractivity contribution in [1.29, 1.82) is 0 Å². The fourth-order valence-electron chi connectivity index (χ4n) is 2.06. The number of nitrogens with one attached hydrogen (secondary N) is 1. The van der Waals surface area contributed by atoms with Crippen LogP contribution in [0.15, 0.2) is 0 Å². The minimum absolute atomic E-state index is 0.320. The Balaban J connectivity index is 2.84. The molecule has 0 fully saturated rings. The zero-order valence-corrected chi connectivity index (χ0v) is 13.9. The van der Waals surface area contributed by atoms with E-state index in [4.69, 9.17) is 0 Å². The normalized spacial score (nSPS) is 12.4. The van der Waals surface area contributed by atoms with E-state index >= 15 is 0 Å². The Morgan fingerprint density at radius 3 is 2.57 bits per heavy atom. The Bertz CT molecular complexity index is 497. The van der Waals surface area contributed by atoms with Gasteiger partial charge in [-0.25, -0.2) is 9.78 Å². The topological polar surface area (TPSA) is 79.3 Å². The van der Waals surface area contributed by atoms with Gasteiger partial charge < -0.3 is 10.4 Å². The number of nitrogens with zero attached hydrogens (tertiary/aromatic N) is 1. The molecule has 2 N–H and O–H groups in total. The van der Waals surface area contributed by atoms with Gasteiger partial charge in [0.1, 0.15) is 10.9 Å². The molecule has 0 aliphatic rings. The predicted octanol–water partition coefficient (Wildman–Crippen LogP) is 3.02. The number of carbonyl (C=O) groups is 2. The average molecular weight is 312 g/mol. The fourth-order valence-corrected chi connectivity index (χ4v) is 2.91. The van der Waals surface area contributed by atoms with Crippen molar-refractivity contribution in [3.05, 3.63) is 15.6 Å². The lowest BCUT2D eigenvalue weighted by molar-refractivity contribution is -0.139. The quantitative estimate of drug-likeness (QED) is 0.773. The monoisotopic (exact) mass is 312 g/mol. The number of rotatable bonds is 8. The summed E-state index contributed by atoms with van der Waals surface area (Å²) in [7, 11) is 0. The molecule has 1 rings (SSSR count). The van der Waals surface area contributed by atoms with E-state index in [0.717, 1.165) is 30.0 Å². The molecular weight excluding hydrogens is 288 g/mol. The summed E-state index contributed by atoms with van der Waals surface area (Å²) in [6.07, 6.45) is 2.85. The molecule has 0 bridgehead atoms. The Morgan fingerprint density at radius 2 is 2.05 bits per heavy atom. The van der Waals surface area contributed by atoms with Gasteiger partial charge in [0.25, 0.3) is 5.91 Å². The highest BCUT2D eigenvalue weighted by atomic mass is 32.1. The van der Waals surface area contributed by atoms with Crippen molar-refractivity contribution in [3.8, 4) is 0 Å². The first-order chi connectivity index (χ1) is 9.85. The molecule has 0 unspecified atom stereocenters. The van der Waals surface area contributed by atoms with Crippen LogP contribution in [0.5, 0.6) is 0 Å². The third kappa shape index (κ3) is 5.46. The van der Waals surface area contributed by atoms with Crippen molar-refractivity contribution in [2.24, 2.45) is 5.92 Å². The smallest absolute Gasteiger partial charge is 0.326 e. The van der Waals surface area contributed by atoms with Crippen LogP contribution >= 0.6 is 11.3 Å². The number of aryl methyl sites for hydroxylation is 1. The molecule has 1 amide bonds. The van der Waals surface area contributed by atoms with E-state index in [-0.39, 0.29) is 5.91 Å². The van der Waals surface area contributed by atoms with Crippen LogP contribution in [0.3, 0.4) is 0 Å². The predicted molar refractivity (Wildman–Crippen MR) is 83.8 cm³/mol. The first-order valence-corrected chi connectivity index (χ1v) is 8.16. The van der Waals surface area contributed by atoms with Crippen LogP contribution in [0, 0.1) is 12.8 Å². The van der Waals surface area contributed by atoms with Crippen molar-refractivity contribution < 1.29 is 14.7 Å². The third-order valence-corrected chi connectivity index (χ3v) is 4.07. The second kappa shape index (κ2) is 8.12. The minimum Gasteiger partial charge on any atom is -0.480 e. The zero-order valence-electron chi connectivity index (χ0n) is 13.1. The van der Waals surface area contributed by atoms with E-state index in [1.165, 1.54) is 11.3 Å². The molecule has 118 valence electrons. The van der Waals surface area contributed by atoms with Gasteiger partial charge in [-0.05, 0) is 25.7 Å². The largest absolute Gasteiger partial charge is 0.480 e. The number of carboxylic acid groups (broad SMARTS) is 1. The lowest BCUT2D eigenvalue weighted by Gasteiger charge is -2.14. The van der Waals surface area contributed by atoms with Gasteiger partial charge >= 0.3 is 5.97 Å². The average Bonchev–Trinajstić information content (AvgIpc) is 2.73. The number of hydrogen-bond acceptors (Lipinski definition) is 4. The highest BCUT2D eigenvalue weighted by Crippen LogP contribution is 2.21. The molecule has 0 spiro atoms. The van der Waals surface area contributed by atoms with Gasteiger partial charge in [0.2, 0.25) is 0 Å². The van der Waals surface area contributed by atoms with Crippen LogP contribution in [0.2, 0.25) is 0 Å². The molecule has 0 aliphatic heterocycles. The molecule has 0 aromatic carbocycles. The molecule has 0 radical (unpaired) electrons. The maximum Gasteiger partial charge on any atom is 0.326 e. The van der Waals surface area contributed by atoms with Gasteiger partial charge in [0.05, 0.1) is 10.7 Å². The summed E-state index contributed by atoms with van der Waals surface area (Å²) in [4.78, 5) is 28.5. The molecular formula is C15H24N2O3S. The number of carbonyl (C=O) groups excluding carboxylic acids is 1. The Hall–Kier alpha value is -1.43. The standard InChI is InChI=1S/C15H24N2O3S/c1-5-6-7-11(15(19)20)17-14(18)13-12(8-9(2)3)16-10(4)21-13/h9,11H,5-8H2,1-4H3,(H,17,18)(H,19,20)/t11-/m0/s1. The van der Waals surface area contributed by atoms with Crippen LogP contribution in [-0.2, 0) is 11.2 Å². The van der Waals surface area contributed by atoms with Gasteiger partial charge in [-0.1, -0.05) is 33.6 Å². The van der Waals surface area contributed by atoms with Gasteiger partial charge in [0, 0.05) is 0 Å². The second-order valence-electron chi connectivity index (χ2n) is 5.61. The Kier molecular flexibility index (Phi) is 6.81. The molecule has 1 aromatic heterocycles. The number of thiazole rings is 1. The van der Waals surface area contributed by atoms with E-state index in [9.17, 15) is 14.7 Å². The molecule has 1 heterocycles. The summed E-state index contributed by atoms with van der Waals surface area (Å²) in [5.41, 5.74) is 0.768. The zero-order chi connectivity index (χ0) is 16.0.